The lowest BCUT2D eigenvalue weighted by Gasteiger charge is -2.13. The van der Waals surface area contributed by atoms with Gasteiger partial charge in [0.05, 0.1) is 7.11 Å². The lowest BCUT2D eigenvalue weighted by atomic mass is 10.1. The van der Waals surface area contributed by atoms with Crippen LogP contribution in [-0.2, 0) is 19.4 Å². The van der Waals surface area contributed by atoms with E-state index < -0.39 is 0 Å². The molecule has 0 radical (unpaired) electrons. The lowest BCUT2D eigenvalue weighted by Crippen LogP contribution is -2.07. The molecule has 28 heavy (non-hydrogen) atoms. The number of ether oxygens (including phenoxy) is 1. The molecule has 4 heteroatoms. The van der Waals surface area contributed by atoms with Gasteiger partial charge in [0.1, 0.15) is 22.9 Å². The number of aromatic nitrogens is 2. The van der Waals surface area contributed by atoms with Crippen LogP contribution in [0.2, 0.25) is 0 Å². The van der Waals surface area contributed by atoms with Gasteiger partial charge in [-0.1, -0.05) is 66.7 Å². The highest BCUT2D eigenvalue weighted by molar-refractivity contribution is 5.93. The van der Waals surface area contributed by atoms with E-state index in [-0.39, 0.29) is 0 Å². The SMILES string of the molecule is COc1cccc2c(NCc3ccccc3)nc(CCc3ccccc3)nc12. The quantitative estimate of drug-likeness (QED) is 0.496. The Morgan fingerprint density at radius 1 is 0.750 bits per heavy atom. The summed E-state index contributed by atoms with van der Waals surface area (Å²) in [6.45, 7) is 0.711. The molecule has 0 saturated heterocycles. The number of nitrogens with one attached hydrogen (secondary N) is 1. The number of hydrogen-bond donors (Lipinski definition) is 1. The molecule has 140 valence electrons. The van der Waals surface area contributed by atoms with Gasteiger partial charge in [0.2, 0.25) is 0 Å². The van der Waals surface area contributed by atoms with Gasteiger partial charge in [0.15, 0.2) is 0 Å². The van der Waals surface area contributed by atoms with Crippen molar-refractivity contribution in [3.63, 3.8) is 0 Å². The molecule has 0 atom stereocenters. The summed E-state index contributed by atoms with van der Waals surface area (Å²) < 4.78 is 5.54. The molecule has 4 aromatic rings. The predicted molar refractivity (Wildman–Crippen MR) is 114 cm³/mol. The molecule has 0 aliphatic heterocycles. The van der Waals surface area contributed by atoms with E-state index in [0.717, 1.165) is 41.1 Å². The number of anilines is 1. The Labute approximate surface area is 165 Å². The van der Waals surface area contributed by atoms with Gasteiger partial charge in [-0.05, 0) is 29.7 Å². The van der Waals surface area contributed by atoms with Crippen LogP contribution in [0.1, 0.15) is 17.0 Å². The molecule has 0 fully saturated rings. The van der Waals surface area contributed by atoms with Gasteiger partial charge in [0.25, 0.3) is 0 Å². The van der Waals surface area contributed by atoms with Crippen LogP contribution in [0, 0.1) is 0 Å². The Morgan fingerprint density at radius 2 is 1.46 bits per heavy atom. The normalized spacial score (nSPS) is 10.8. The van der Waals surface area contributed by atoms with Gasteiger partial charge >= 0.3 is 0 Å². The third-order valence-corrected chi connectivity index (χ3v) is 4.74. The van der Waals surface area contributed by atoms with E-state index in [9.17, 15) is 0 Å². The van der Waals surface area contributed by atoms with Gasteiger partial charge in [-0.3, -0.25) is 0 Å². The summed E-state index contributed by atoms with van der Waals surface area (Å²) in [5, 5.41) is 4.46. The maximum Gasteiger partial charge on any atom is 0.145 e. The molecule has 1 N–H and O–H groups in total. The lowest BCUT2D eigenvalue weighted by molar-refractivity contribution is 0.418. The zero-order valence-corrected chi connectivity index (χ0v) is 15.9. The Bertz CT molecular complexity index is 1050. The third-order valence-electron chi connectivity index (χ3n) is 4.74. The molecule has 4 rings (SSSR count). The topological polar surface area (TPSA) is 47.0 Å². The maximum atomic E-state index is 5.54. The molecule has 0 aliphatic carbocycles. The van der Waals surface area contributed by atoms with Crippen LogP contribution >= 0.6 is 0 Å². The van der Waals surface area contributed by atoms with Crippen molar-refractivity contribution in [2.24, 2.45) is 0 Å². The predicted octanol–water partition coefficient (Wildman–Crippen LogP) is 5.04. The summed E-state index contributed by atoms with van der Waals surface area (Å²) >= 11 is 0. The zero-order valence-electron chi connectivity index (χ0n) is 15.9. The zero-order chi connectivity index (χ0) is 19.2. The minimum Gasteiger partial charge on any atom is -0.494 e. The molecule has 3 aromatic carbocycles. The number of benzene rings is 3. The first kappa shape index (κ1) is 18.0. The summed E-state index contributed by atoms with van der Waals surface area (Å²) in [4.78, 5) is 9.63. The molecular weight excluding hydrogens is 346 g/mol. The smallest absolute Gasteiger partial charge is 0.145 e. The number of hydrogen-bond acceptors (Lipinski definition) is 4. The van der Waals surface area contributed by atoms with Crippen LogP contribution in [0.3, 0.4) is 0 Å². The Hall–Kier alpha value is -3.40. The van der Waals surface area contributed by atoms with E-state index >= 15 is 0 Å². The van der Waals surface area contributed by atoms with Gasteiger partial charge in [-0.25, -0.2) is 9.97 Å². The molecule has 0 saturated carbocycles. The fourth-order valence-corrected chi connectivity index (χ4v) is 3.27. The fourth-order valence-electron chi connectivity index (χ4n) is 3.27. The monoisotopic (exact) mass is 369 g/mol. The fraction of sp³-hybridized carbons (Fsp3) is 0.167. The van der Waals surface area contributed by atoms with E-state index in [0.29, 0.717) is 6.54 Å². The Balaban J connectivity index is 1.65. The average molecular weight is 369 g/mol. The molecule has 4 nitrogen and oxygen atoms in total. The molecule has 0 spiro atoms. The van der Waals surface area contributed by atoms with Crippen molar-refractivity contribution < 1.29 is 4.74 Å². The highest BCUT2D eigenvalue weighted by Crippen LogP contribution is 2.28. The molecule has 0 unspecified atom stereocenters. The summed E-state index contributed by atoms with van der Waals surface area (Å²) in [6, 6.07) is 26.7. The van der Waals surface area contributed by atoms with E-state index in [1.807, 2.05) is 42.5 Å². The molecular formula is C24H23N3O. The molecule has 1 aromatic heterocycles. The van der Waals surface area contributed by atoms with Crippen molar-refractivity contribution in [2.75, 3.05) is 12.4 Å². The molecule has 0 amide bonds. The summed E-state index contributed by atoms with van der Waals surface area (Å²) in [6.07, 6.45) is 1.68. The van der Waals surface area contributed by atoms with Gasteiger partial charge in [-0.15, -0.1) is 0 Å². The Morgan fingerprint density at radius 3 is 2.18 bits per heavy atom. The van der Waals surface area contributed by atoms with Crippen molar-refractivity contribution in [3.8, 4) is 5.75 Å². The minimum absolute atomic E-state index is 0.711. The largest absolute Gasteiger partial charge is 0.494 e. The van der Waals surface area contributed by atoms with E-state index in [2.05, 4.69) is 41.7 Å². The minimum atomic E-state index is 0.711. The highest BCUT2D eigenvalue weighted by Gasteiger charge is 2.12. The van der Waals surface area contributed by atoms with Crippen LogP contribution in [-0.4, -0.2) is 17.1 Å². The second kappa shape index (κ2) is 8.53. The third kappa shape index (κ3) is 4.12. The number of rotatable bonds is 7. The van der Waals surface area contributed by atoms with E-state index in [1.165, 1.54) is 11.1 Å². The van der Waals surface area contributed by atoms with Crippen LogP contribution in [0.25, 0.3) is 10.9 Å². The van der Waals surface area contributed by atoms with Crippen molar-refractivity contribution in [3.05, 3.63) is 95.8 Å². The van der Waals surface area contributed by atoms with Crippen LogP contribution in [0.15, 0.2) is 78.9 Å². The first-order valence-electron chi connectivity index (χ1n) is 9.49. The van der Waals surface area contributed by atoms with Crippen LogP contribution in [0.5, 0.6) is 5.75 Å². The number of para-hydroxylation sites is 1. The maximum absolute atomic E-state index is 5.54. The second-order valence-electron chi connectivity index (χ2n) is 6.67. The summed E-state index contributed by atoms with van der Waals surface area (Å²) in [7, 11) is 1.68. The van der Waals surface area contributed by atoms with Crippen molar-refractivity contribution in [1.29, 1.82) is 0 Å². The van der Waals surface area contributed by atoms with Crippen molar-refractivity contribution in [2.45, 2.75) is 19.4 Å². The van der Waals surface area contributed by atoms with Crippen LogP contribution < -0.4 is 10.1 Å². The van der Waals surface area contributed by atoms with Gasteiger partial charge < -0.3 is 10.1 Å². The second-order valence-corrected chi connectivity index (χ2v) is 6.67. The number of aryl methyl sites for hydroxylation is 2. The summed E-state index contributed by atoms with van der Waals surface area (Å²) in [5.41, 5.74) is 3.34. The van der Waals surface area contributed by atoms with Crippen LogP contribution in [0.4, 0.5) is 5.82 Å². The summed E-state index contributed by atoms with van der Waals surface area (Å²) in [5.74, 6) is 2.43. The van der Waals surface area contributed by atoms with E-state index in [4.69, 9.17) is 14.7 Å². The molecule has 1 heterocycles. The number of methoxy groups -OCH3 is 1. The number of fused-ring (bicyclic) bond motifs is 1. The molecule has 0 aliphatic rings. The van der Waals surface area contributed by atoms with E-state index in [1.54, 1.807) is 7.11 Å². The standard InChI is InChI=1S/C24H23N3O/c1-28-21-14-8-13-20-23(21)26-22(16-15-18-9-4-2-5-10-18)27-24(20)25-17-19-11-6-3-7-12-19/h2-14H,15-17H2,1H3,(H,25,26,27). The van der Waals surface area contributed by atoms with Gasteiger partial charge in [-0.2, -0.15) is 0 Å². The first-order valence-corrected chi connectivity index (χ1v) is 9.49. The number of nitrogens with zero attached hydrogens (tertiary/aromatic N) is 2. The highest BCUT2D eigenvalue weighted by atomic mass is 16.5. The average Bonchev–Trinajstić information content (AvgIpc) is 2.77. The Kier molecular flexibility index (Phi) is 5.48. The van der Waals surface area contributed by atoms with Crippen molar-refractivity contribution in [1.82, 2.24) is 9.97 Å². The van der Waals surface area contributed by atoms with Crippen molar-refractivity contribution >= 4 is 16.7 Å². The first-order chi connectivity index (χ1) is 13.8. The van der Waals surface area contributed by atoms with Gasteiger partial charge in [0, 0.05) is 18.4 Å². The molecule has 0 bridgehead atoms.